The minimum absolute atomic E-state index is 0.193. The molecule has 10 nitrogen and oxygen atoms in total. The number of nitrogen functional groups attached to an aromatic ring is 1. The van der Waals surface area contributed by atoms with Gasteiger partial charge in [0.15, 0.2) is 23.8 Å². The molecule has 5 fully saturated rings. The molecule has 2 aromatic heterocycles. The van der Waals surface area contributed by atoms with E-state index >= 15 is 0 Å². The Morgan fingerprint density at radius 2 is 1.77 bits per heavy atom. The van der Waals surface area contributed by atoms with Gasteiger partial charge in [-0.15, -0.1) is 0 Å². The average Bonchev–Trinajstić information content (AvgIpc) is 3.23. The third-order valence-corrected chi connectivity index (χ3v) is 7.58. The largest absolute Gasteiger partial charge is 0.387 e. The van der Waals surface area contributed by atoms with Gasteiger partial charge >= 0.3 is 0 Å². The predicted molar refractivity (Wildman–Crippen MR) is 105 cm³/mol. The minimum atomic E-state index is -1.35. The quantitative estimate of drug-likeness (QED) is 0.553. The number of fused-ring (bicyclic) bond motifs is 1. The van der Waals surface area contributed by atoms with Gasteiger partial charge in [-0.3, -0.25) is 9.36 Å². The summed E-state index contributed by atoms with van der Waals surface area (Å²) in [5.41, 5.74) is 6.39. The molecule has 1 amide bonds. The molecule has 160 valence electrons. The molecule has 0 unspecified atom stereocenters. The normalized spacial score (nSPS) is 42.1. The number of carbonyl (C=O) groups is 1. The third kappa shape index (κ3) is 2.67. The zero-order valence-corrected chi connectivity index (χ0v) is 16.5. The van der Waals surface area contributed by atoms with Gasteiger partial charge in [-0.1, -0.05) is 0 Å². The second-order valence-electron chi connectivity index (χ2n) is 9.70. The molecule has 1 aliphatic heterocycles. The highest BCUT2D eigenvalue weighted by Gasteiger charge is 2.54. The second kappa shape index (κ2) is 6.35. The van der Waals surface area contributed by atoms with Crippen molar-refractivity contribution in [2.24, 2.45) is 17.8 Å². The number of nitrogens with two attached hydrogens (primary N) is 1. The fourth-order valence-corrected chi connectivity index (χ4v) is 6.76. The van der Waals surface area contributed by atoms with Crippen LogP contribution in [0.15, 0.2) is 12.7 Å². The number of rotatable bonds is 3. The van der Waals surface area contributed by atoms with E-state index in [0.29, 0.717) is 28.9 Å². The highest BCUT2D eigenvalue weighted by molar-refractivity contribution is 5.83. The van der Waals surface area contributed by atoms with Crippen LogP contribution in [0.2, 0.25) is 0 Å². The fourth-order valence-electron chi connectivity index (χ4n) is 6.76. The number of hydrogen-bond acceptors (Lipinski definition) is 8. The third-order valence-electron chi connectivity index (χ3n) is 7.58. The van der Waals surface area contributed by atoms with E-state index in [2.05, 4.69) is 20.3 Å². The van der Waals surface area contributed by atoms with Crippen LogP contribution in [0, 0.1) is 17.8 Å². The van der Waals surface area contributed by atoms with Crippen LogP contribution in [-0.2, 0) is 9.53 Å². The Hall–Kier alpha value is -2.30. The first kappa shape index (κ1) is 18.5. The lowest BCUT2D eigenvalue weighted by molar-refractivity contribution is -0.143. The molecule has 4 saturated carbocycles. The van der Waals surface area contributed by atoms with E-state index in [-0.39, 0.29) is 17.3 Å². The fraction of sp³-hybridized carbons (Fsp3) is 0.700. The zero-order chi connectivity index (χ0) is 20.6. The molecule has 30 heavy (non-hydrogen) atoms. The Balaban J connectivity index is 1.23. The van der Waals surface area contributed by atoms with Crippen LogP contribution in [0.4, 0.5) is 5.82 Å². The number of ether oxygens (including phenoxy) is 1. The average molecular weight is 414 g/mol. The van der Waals surface area contributed by atoms with Gasteiger partial charge < -0.3 is 26.0 Å². The lowest BCUT2D eigenvalue weighted by Crippen LogP contribution is -2.62. The molecule has 10 heteroatoms. The first-order valence-corrected chi connectivity index (χ1v) is 10.7. The van der Waals surface area contributed by atoms with Gasteiger partial charge in [0.1, 0.15) is 24.1 Å². The van der Waals surface area contributed by atoms with E-state index in [9.17, 15) is 15.0 Å². The van der Waals surface area contributed by atoms with Crippen LogP contribution in [0.25, 0.3) is 11.2 Å². The minimum Gasteiger partial charge on any atom is -0.387 e. The highest BCUT2D eigenvalue weighted by Crippen LogP contribution is 2.55. The van der Waals surface area contributed by atoms with Gasteiger partial charge in [-0.05, 0) is 56.3 Å². The summed E-state index contributed by atoms with van der Waals surface area (Å²) < 4.78 is 7.35. The van der Waals surface area contributed by atoms with Gasteiger partial charge in [0, 0.05) is 5.54 Å². The summed E-state index contributed by atoms with van der Waals surface area (Å²) in [6.07, 6.45) is 4.75. The Morgan fingerprint density at radius 3 is 2.43 bits per heavy atom. The van der Waals surface area contributed by atoms with Crippen LogP contribution in [0.5, 0.6) is 0 Å². The van der Waals surface area contributed by atoms with Crippen LogP contribution in [0.1, 0.15) is 44.8 Å². The number of hydrogen-bond donors (Lipinski definition) is 4. The summed E-state index contributed by atoms with van der Waals surface area (Å²) >= 11 is 0. The van der Waals surface area contributed by atoms with Crippen molar-refractivity contribution in [2.45, 2.75) is 68.6 Å². The molecule has 1 saturated heterocycles. The summed E-state index contributed by atoms with van der Waals surface area (Å²) in [5.74, 6) is 1.91. The summed E-state index contributed by atoms with van der Waals surface area (Å²) in [5, 5.41) is 24.5. The topological polar surface area (TPSA) is 148 Å². The summed E-state index contributed by atoms with van der Waals surface area (Å²) in [7, 11) is 0. The summed E-state index contributed by atoms with van der Waals surface area (Å²) in [6.45, 7) is 0. The van der Waals surface area contributed by atoms with Crippen molar-refractivity contribution < 1.29 is 19.7 Å². The predicted octanol–water partition coefficient (Wildman–Crippen LogP) is 0.113. The van der Waals surface area contributed by atoms with Crippen molar-refractivity contribution >= 4 is 22.9 Å². The molecule has 0 aromatic carbocycles. The lowest BCUT2D eigenvalue weighted by Gasteiger charge is -2.57. The number of nitrogens with one attached hydrogen (secondary N) is 1. The van der Waals surface area contributed by atoms with Crippen LogP contribution < -0.4 is 11.1 Å². The molecule has 4 aliphatic carbocycles. The maximum Gasteiger partial charge on any atom is 0.252 e. The van der Waals surface area contributed by atoms with Gasteiger partial charge in [-0.25, -0.2) is 15.0 Å². The van der Waals surface area contributed by atoms with Crippen LogP contribution in [-0.4, -0.2) is 59.5 Å². The van der Waals surface area contributed by atoms with Gasteiger partial charge in [0.05, 0.1) is 6.33 Å². The molecule has 5 N–H and O–H groups in total. The van der Waals surface area contributed by atoms with Crippen LogP contribution in [0.3, 0.4) is 0 Å². The molecule has 3 heterocycles. The van der Waals surface area contributed by atoms with E-state index in [4.69, 9.17) is 10.5 Å². The smallest absolute Gasteiger partial charge is 0.252 e. The van der Waals surface area contributed by atoms with E-state index < -0.39 is 24.5 Å². The zero-order valence-electron chi connectivity index (χ0n) is 16.5. The highest BCUT2D eigenvalue weighted by atomic mass is 16.6. The van der Waals surface area contributed by atoms with Gasteiger partial charge in [0.25, 0.3) is 5.91 Å². The van der Waals surface area contributed by atoms with E-state index in [1.54, 1.807) is 0 Å². The molecule has 4 atom stereocenters. The van der Waals surface area contributed by atoms with Crippen molar-refractivity contribution in [3.8, 4) is 0 Å². The molecule has 7 rings (SSSR count). The van der Waals surface area contributed by atoms with E-state index in [1.807, 2.05) is 0 Å². The van der Waals surface area contributed by atoms with E-state index in [1.165, 1.54) is 36.5 Å². The number of carbonyl (C=O) groups excluding carboxylic acids is 1. The Morgan fingerprint density at radius 1 is 1.10 bits per heavy atom. The molecular weight excluding hydrogens is 388 g/mol. The van der Waals surface area contributed by atoms with Crippen LogP contribution >= 0.6 is 0 Å². The van der Waals surface area contributed by atoms with Crippen molar-refractivity contribution in [1.29, 1.82) is 0 Å². The first-order chi connectivity index (χ1) is 14.4. The molecular formula is C20H26N6O4. The van der Waals surface area contributed by atoms with Crippen molar-refractivity contribution in [3.05, 3.63) is 12.7 Å². The Labute approximate surface area is 172 Å². The van der Waals surface area contributed by atoms with Gasteiger partial charge in [-0.2, -0.15) is 0 Å². The number of imidazole rings is 1. The molecule has 0 radical (unpaired) electrons. The molecule has 0 spiro atoms. The number of aliphatic hydroxyl groups is 2. The lowest BCUT2D eigenvalue weighted by atomic mass is 9.53. The Kier molecular flexibility index (Phi) is 3.91. The van der Waals surface area contributed by atoms with E-state index in [0.717, 1.165) is 19.3 Å². The maximum absolute atomic E-state index is 13.1. The molecule has 2 aromatic rings. The second-order valence-corrected chi connectivity index (χ2v) is 9.70. The van der Waals surface area contributed by atoms with Gasteiger partial charge in [0.2, 0.25) is 0 Å². The monoisotopic (exact) mass is 414 g/mol. The maximum atomic E-state index is 13.1. The number of aliphatic hydroxyl groups excluding tert-OH is 2. The van der Waals surface area contributed by atoms with Crippen molar-refractivity contribution in [3.63, 3.8) is 0 Å². The summed E-state index contributed by atoms with van der Waals surface area (Å²) in [4.78, 5) is 25.4. The number of amides is 1. The Bertz CT molecular complexity index is 973. The summed E-state index contributed by atoms with van der Waals surface area (Å²) in [6, 6.07) is 0. The van der Waals surface area contributed by atoms with Crippen molar-refractivity contribution in [1.82, 2.24) is 24.8 Å². The standard InChI is InChI=1S/C20H26N6O4/c21-16-12-17(23-7-22-16)26(8-24-12)19-14(28)13(27)15(30-19)18(29)25-20-4-9-1-10(5-20)3-11(2-9)6-20/h7-11,13-15,19,27-28H,1-6H2,(H,25,29)(H2,21,22,23)/t9?,10?,11?,13-,14+,15-,19+,20?/m0/s1. The molecule has 5 aliphatic rings. The first-order valence-electron chi connectivity index (χ1n) is 10.7. The van der Waals surface area contributed by atoms with Crippen molar-refractivity contribution in [2.75, 3.05) is 5.73 Å². The number of anilines is 1. The number of nitrogens with zero attached hydrogens (tertiary/aromatic N) is 4. The number of aromatic nitrogens is 4. The SMILES string of the molecule is Nc1ncnc2c1ncn2[C@@H]1O[C@H](C(=O)NC23CC4CC(CC(C4)C2)C3)[C@@H](O)[C@H]1O. The molecule has 4 bridgehead atoms.